The summed E-state index contributed by atoms with van der Waals surface area (Å²) in [5.74, 6) is 2.22. The summed E-state index contributed by atoms with van der Waals surface area (Å²) in [6, 6.07) is 5.88. The van der Waals surface area contributed by atoms with Gasteiger partial charge in [-0.15, -0.1) is 0 Å². The van der Waals surface area contributed by atoms with Gasteiger partial charge in [0.1, 0.15) is 5.82 Å². The van der Waals surface area contributed by atoms with Crippen molar-refractivity contribution in [2.75, 3.05) is 12.5 Å². The lowest BCUT2D eigenvalue weighted by atomic mass is 9.97. The van der Waals surface area contributed by atoms with E-state index in [0.717, 1.165) is 30.0 Å². The van der Waals surface area contributed by atoms with Crippen LogP contribution in [0.4, 0.5) is 5.82 Å². The van der Waals surface area contributed by atoms with Crippen molar-refractivity contribution < 1.29 is 9.47 Å². The lowest BCUT2D eigenvalue weighted by Gasteiger charge is -2.14. The summed E-state index contributed by atoms with van der Waals surface area (Å²) in [4.78, 5) is 0. The zero-order valence-electron chi connectivity index (χ0n) is 10.6. The van der Waals surface area contributed by atoms with Gasteiger partial charge in [-0.2, -0.15) is 5.10 Å². The molecule has 0 amide bonds. The van der Waals surface area contributed by atoms with Gasteiger partial charge >= 0.3 is 0 Å². The quantitative estimate of drug-likeness (QED) is 0.849. The summed E-state index contributed by atoms with van der Waals surface area (Å²) in [6.07, 6.45) is 4.46. The first-order valence-electron chi connectivity index (χ1n) is 6.59. The number of nitrogen functional groups attached to an aromatic ring is 1. The highest BCUT2D eigenvalue weighted by Gasteiger charge is 2.21. The molecule has 4 rings (SSSR count). The molecular weight excluding hydrogens is 242 g/mol. The van der Waals surface area contributed by atoms with E-state index in [2.05, 4.69) is 5.10 Å². The zero-order chi connectivity index (χ0) is 12.8. The summed E-state index contributed by atoms with van der Waals surface area (Å²) >= 11 is 0. The van der Waals surface area contributed by atoms with Gasteiger partial charge in [0, 0.05) is 17.3 Å². The van der Waals surface area contributed by atoms with Crippen LogP contribution in [-0.2, 0) is 12.8 Å². The van der Waals surface area contributed by atoms with E-state index in [-0.39, 0.29) is 6.79 Å². The number of benzene rings is 1. The molecule has 19 heavy (non-hydrogen) atoms. The number of hydrogen-bond acceptors (Lipinski definition) is 4. The van der Waals surface area contributed by atoms with Crippen LogP contribution in [0.1, 0.15) is 24.1 Å². The molecule has 2 heterocycles. The second kappa shape index (κ2) is 3.91. The Kier molecular flexibility index (Phi) is 2.21. The molecule has 1 aromatic heterocycles. The van der Waals surface area contributed by atoms with Crippen LogP contribution < -0.4 is 15.2 Å². The van der Waals surface area contributed by atoms with Gasteiger partial charge in [-0.1, -0.05) is 0 Å². The molecule has 0 radical (unpaired) electrons. The standard InChI is InChI=1S/C14H15N3O2/c15-14-10-3-1-2-4-11(10)17(16-14)9-5-6-12-13(7-9)19-8-18-12/h5-7H,1-4,8H2,(H2,15,16). The normalized spacial score (nSPS) is 16.4. The van der Waals surface area contributed by atoms with Crippen molar-refractivity contribution in [3.05, 3.63) is 29.5 Å². The number of ether oxygens (including phenoxy) is 2. The van der Waals surface area contributed by atoms with E-state index in [1.807, 2.05) is 22.9 Å². The molecule has 0 bridgehead atoms. The molecule has 1 aliphatic carbocycles. The summed E-state index contributed by atoms with van der Waals surface area (Å²) in [7, 11) is 0. The molecule has 98 valence electrons. The van der Waals surface area contributed by atoms with Crippen molar-refractivity contribution in [3.8, 4) is 17.2 Å². The molecule has 5 heteroatoms. The van der Waals surface area contributed by atoms with E-state index in [9.17, 15) is 0 Å². The van der Waals surface area contributed by atoms with Crippen molar-refractivity contribution in [3.63, 3.8) is 0 Å². The van der Waals surface area contributed by atoms with Crippen molar-refractivity contribution in [2.24, 2.45) is 0 Å². The average Bonchev–Trinajstić information content (AvgIpc) is 3.03. The predicted octanol–water partition coefficient (Wildman–Crippen LogP) is 2.06. The Balaban J connectivity index is 1.84. The molecule has 1 aromatic carbocycles. The Labute approximate surface area is 110 Å². The minimum atomic E-state index is 0.290. The summed E-state index contributed by atoms with van der Waals surface area (Å²) in [5.41, 5.74) is 9.46. The Morgan fingerprint density at radius 1 is 1.11 bits per heavy atom. The first kappa shape index (κ1) is 10.7. The maximum atomic E-state index is 6.02. The Morgan fingerprint density at radius 3 is 2.89 bits per heavy atom. The van der Waals surface area contributed by atoms with E-state index < -0.39 is 0 Å². The second-order valence-electron chi connectivity index (χ2n) is 4.97. The number of anilines is 1. The third kappa shape index (κ3) is 1.58. The Hall–Kier alpha value is -2.17. The number of rotatable bonds is 1. The number of aromatic nitrogens is 2. The van der Waals surface area contributed by atoms with Crippen LogP contribution in [0.3, 0.4) is 0 Å². The van der Waals surface area contributed by atoms with Crippen molar-refractivity contribution >= 4 is 5.82 Å². The maximum Gasteiger partial charge on any atom is 0.231 e. The second-order valence-corrected chi connectivity index (χ2v) is 4.97. The molecule has 0 spiro atoms. The van der Waals surface area contributed by atoms with E-state index in [4.69, 9.17) is 15.2 Å². The zero-order valence-corrected chi connectivity index (χ0v) is 10.6. The van der Waals surface area contributed by atoms with E-state index in [1.165, 1.54) is 24.1 Å². The first-order valence-corrected chi connectivity index (χ1v) is 6.59. The third-order valence-electron chi connectivity index (χ3n) is 3.81. The molecule has 1 aliphatic heterocycles. The minimum absolute atomic E-state index is 0.290. The fraction of sp³-hybridized carbons (Fsp3) is 0.357. The van der Waals surface area contributed by atoms with Gasteiger partial charge in [0.15, 0.2) is 11.5 Å². The average molecular weight is 257 g/mol. The molecule has 2 N–H and O–H groups in total. The van der Waals surface area contributed by atoms with E-state index >= 15 is 0 Å². The fourth-order valence-electron chi connectivity index (χ4n) is 2.86. The monoisotopic (exact) mass is 257 g/mol. The molecule has 0 unspecified atom stereocenters. The highest BCUT2D eigenvalue weighted by atomic mass is 16.7. The molecule has 0 saturated carbocycles. The summed E-state index contributed by atoms with van der Waals surface area (Å²) in [6.45, 7) is 0.290. The van der Waals surface area contributed by atoms with Gasteiger partial charge < -0.3 is 15.2 Å². The highest BCUT2D eigenvalue weighted by Crippen LogP contribution is 2.35. The van der Waals surface area contributed by atoms with Crippen LogP contribution in [0.15, 0.2) is 18.2 Å². The van der Waals surface area contributed by atoms with Gasteiger partial charge in [-0.05, 0) is 37.8 Å². The van der Waals surface area contributed by atoms with Crippen molar-refractivity contribution in [1.29, 1.82) is 0 Å². The molecular formula is C14H15N3O2. The van der Waals surface area contributed by atoms with Crippen LogP contribution in [0, 0.1) is 0 Å². The molecule has 2 aliphatic rings. The van der Waals surface area contributed by atoms with Gasteiger partial charge in [0.2, 0.25) is 6.79 Å². The van der Waals surface area contributed by atoms with E-state index in [1.54, 1.807) is 0 Å². The Bertz CT molecular complexity index is 648. The number of hydrogen-bond donors (Lipinski definition) is 1. The maximum absolute atomic E-state index is 6.02. The van der Waals surface area contributed by atoms with Gasteiger partial charge in [-0.25, -0.2) is 4.68 Å². The van der Waals surface area contributed by atoms with Gasteiger partial charge in [0.05, 0.1) is 5.69 Å². The van der Waals surface area contributed by atoms with Crippen LogP contribution in [0.5, 0.6) is 11.5 Å². The van der Waals surface area contributed by atoms with Gasteiger partial charge in [-0.3, -0.25) is 0 Å². The summed E-state index contributed by atoms with van der Waals surface area (Å²) in [5, 5.41) is 4.49. The Morgan fingerprint density at radius 2 is 1.95 bits per heavy atom. The van der Waals surface area contributed by atoms with Gasteiger partial charge in [0.25, 0.3) is 0 Å². The SMILES string of the molecule is Nc1nn(-c2ccc3c(c2)OCO3)c2c1CCCC2. The van der Waals surface area contributed by atoms with Crippen LogP contribution >= 0.6 is 0 Å². The topological polar surface area (TPSA) is 62.3 Å². The third-order valence-corrected chi connectivity index (χ3v) is 3.81. The minimum Gasteiger partial charge on any atom is -0.454 e. The van der Waals surface area contributed by atoms with Crippen molar-refractivity contribution in [1.82, 2.24) is 9.78 Å². The smallest absolute Gasteiger partial charge is 0.231 e. The first-order chi connectivity index (χ1) is 9.33. The van der Waals surface area contributed by atoms with Crippen LogP contribution in [-0.4, -0.2) is 16.6 Å². The van der Waals surface area contributed by atoms with Crippen LogP contribution in [0.2, 0.25) is 0 Å². The van der Waals surface area contributed by atoms with Crippen molar-refractivity contribution in [2.45, 2.75) is 25.7 Å². The number of nitrogens with zero attached hydrogens (tertiary/aromatic N) is 2. The lowest BCUT2D eigenvalue weighted by molar-refractivity contribution is 0.174. The molecule has 5 nitrogen and oxygen atoms in total. The summed E-state index contributed by atoms with van der Waals surface area (Å²) < 4.78 is 12.7. The molecule has 2 aromatic rings. The van der Waals surface area contributed by atoms with Crippen LogP contribution in [0.25, 0.3) is 5.69 Å². The lowest BCUT2D eigenvalue weighted by Crippen LogP contribution is -2.07. The molecule has 0 fully saturated rings. The molecule has 0 saturated heterocycles. The number of nitrogens with two attached hydrogens (primary N) is 1. The predicted molar refractivity (Wildman–Crippen MR) is 70.7 cm³/mol. The highest BCUT2D eigenvalue weighted by molar-refractivity contribution is 5.53. The molecule has 0 atom stereocenters. The fourth-order valence-corrected chi connectivity index (χ4v) is 2.86. The van der Waals surface area contributed by atoms with E-state index in [0.29, 0.717) is 5.82 Å². The number of fused-ring (bicyclic) bond motifs is 2. The largest absolute Gasteiger partial charge is 0.454 e.